The fourth-order valence-electron chi connectivity index (χ4n) is 0.227. The highest BCUT2D eigenvalue weighted by atomic mass is 16.3. The predicted octanol–water partition coefficient (Wildman–Crippen LogP) is 1.28. The molecule has 0 saturated carbocycles. The van der Waals surface area contributed by atoms with E-state index in [0.717, 1.165) is 0 Å². The lowest BCUT2D eigenvalue weighted by atomic mass is 10.7. The lowest BCUT2D eigenvalue weighted by Crippen LogP contribution is -1.57. The van der Waals surface area contributed by atoms with Gasteiger partial charge in [-0.3, -0.25) is 0 Å². The van der Waals surface area contributed by atoms with Crippen molar-refractivity contribution >= 4 is 0 Å². The van der Waals surface area contributed by atoms with Gasteiger partial charge in [-0.25, -0.2) is 0 Å². The summed E-state index contributed by atoms with van der Waals surface area (Å²) in [6.45, 7) is 1.93. The molecule has 0 spiro atoms. The summed E-state index contributed by atoms with van der Waals surface area (Å²) in [6.07, 6.45) is 3.25. The number of furan rings is 1. The molecule has 0 saturated heterocycles. The average molecular weight is 114 g/mol. The smallest absolute Gasteiger partial charge is 0.0902 e. The van der Waals surface area contributed by atoms with Crippen LogP contribution >= 0.6 is 0 Å². The van der Waals surface area contributed by atoms with Crippen LogP contribution in [0.2, 0.25) is 0 Å². The summed E-state index contributed by atoms with van der Waals surface area (Å²) in [4.78, 5) is 0. The van der Waals surface area contributed by atoms with Crippen molar-refractivity contribution in [2.75, 3.05) is 6.61 Å². The third kappa shape index (κ3) is 5.24. The Morgan fingerprint density at radius 2 is 1.75 bits per heavy atom. The normalized spacial score (nSPS) is 7.25. The molecule has 1 aromatic heterocycles. The van der Waals surface area contributed by atoms with Crippen LogP contribution in [0.1, 0.15) is 6.92 Å². The molecule has 46 valence electrons. The Morgan fingerprint density at radius 1 is 1.38 bits per heavy atom. The maximum atomic E-state index is 7.57. The Balaban J connectivity index is 0.000000145. The van der Waals surface area contributed by atoms with Crippen LogP contribution in [0.5, 0.6) is 0 Å². The molecular weight excluding hydrogens is 104 g/mol. The Bertz CT molecular complexity index is 73.4. The van der Waals surface area contributed by atoms with Crippen molar-refractivity contribution in [2.45, 2.75) is 6.92 Å². The molecular formula is C6H10O2. The van der Waals surface area contributed by atoms with E-state index >= 15 is 0 Å². The second-order valence-corrected chi connectivity index (χ2v) is 1.11. The van der Waals surface area contributed by atoms with Crippen LogP contribution in [0.25, 0.3) is 0 Å². The van der Waals surface area contributed by atoms with Gasteiger partial charge in [-0.15, -0.1) is 0 Å². The Kier molecular flexibility index (Phi) is 5.65. The molecule has 0 bridgehead atoms. The van der Waals surface area contributed by atoms with E-state index in [4.69, 9.17) is 5.11 Å². The van der Waals surface area contributed by atoms with Crippen molar-refractivity contribution in [1.29, 1.82) is 0 Å². The van der Waals surface area contributed by atoms with Gasteiger partial charge in [0.1, 0.15) is 0 Å². The fourth-order valence-corrected chi connectivity index (χ4v) is 0.227. The maximum absolute atomic E-state index is 7.57. The first-order valence-electron chi connectivity index (χ1n) is 2.49. The van der Waals surface area contributed by atoms with Crippen LogP contribution in [0.15, 0.2) is 29.1 Å². The Labute approximate surface area is 48.8 Å². The first kappa shape index (κ1) is 7.24. The molecule has 0 aromatic carbocycles. The van der Waals surface area contributed by atoms with Gasteiger partial charge < -0.3 is 9.52 Å². The van der Waals surface area contributed by atoms with Gasteiger partial charge >= 0.3 is 0 Å². The van der Waals surface area contributed by atoms with Crippen LogP contribution in [-0.2, 0) is 0 Å². The minimum absolute atomic E-state index is 0.250. The van der Waals surface area contributed by atoms with Gasteiger partial charge in [0.05, 0.1) is 12.5 Å². The monoisotopic (exact) mass is 114 g/mol. The van der Waals surface area contributed by atoms with E-state index in [1.54, 1.807) is 19.5 Å². The molecule has 0 amide bonds. The van der Waals surface area contributed by atoms with Gasteiger partial charge in [-0.1, -0.05) is 0 Å². The number of aliphatic hydroxyl groups excluding tert-OH is 1. The average Bonchev–Trinajstić information content (AvgIpc) is 2.17. The highest BCUT2D eigenvalue weighted by Crippen LogP contribution is 1.79. The van der Waals surface area contributed by atoms with E-state index in [1.165, 1.54) is 0 Å². The second-order valence-electron chi connectivity index (χ2n) is 1.11. The molecule has 1 heterocycles. The summed E-state index contributed by atoms with van der Waals surface area (Å²) in [5.41, 5.74) is 0. The third-order valence-corrected chi connectivity index (χ3v) is 0.425. The molecule has 0 fully saturated rings. The number of aliphatic hydroxyl groups is 1. The molecule has 0 aliphatic heterocycles. The highest BCUT2D eigenvalue weighted by Gasteiger charge is 1.58. The van der Waals surface area contributed by atoms with Crippen LogP contribution in [0.3, 0.4) is 0 Å². The Morgan fingerprint density at radius 3 is 1.88 bits per heavy atom. The molecule has 0 unspecified atom stereocenters. The van der Waals surface area contributed by atoms with Crippen molar-refractivity contribution < 1.29 is 9.52 Å². The molecule has 2 nitrogen and oxygen atoms in total. The van der Waals surface area contributed by atoms with Crippen molar-refractivity contribution in [1.82, 2.24) is 0 Å². The summed E-state index contributed by atoms with van der Waals surface area (Å²) in [6, 6.07) is 3.67. The molecule has 0 atom stereocenters. The topological polar surface area (TPSA) is 33.4 Å². The molecule has 1 aromatic rings. The summed E-state index contributed by atoms with van der Waals surface area (Å²) >= 11 is 0. The largest absolute Gasteiger partial charge is 0.473 e. The summed E-state index contributed by atoms with van der Waals surface area (Å²) in [5, 5.41) is 7.57. The van der Waals surface area contributed by atoms with Gasteiger partial charge in [0, 0.05) is 6.61 Å². The zero-order chi connectivity index (χ0) is 6.24. The SMILES string of the molecule is CCO.c1ccoc1. The molecule has 0 aliphatic rings. The molecule has 2 heteroatoms. The van der Waals surface area contributed by atoms with Gasteiger partial charge in [0.2, 0.25) is 0 Å². The first-order valence-corrected chi connectivity index (χ1v) is 2.49. The van der Waals surface area contributed by atoms with E-state index in [-0.39, 0.29) is 6.61 Å². The molecule has 0 radical (unpaired) electrons. The van der Waals surface area contributed by atoms with E-state index in [9.17, 15) is 0 Å². The van der Waals surface area contributed by atoms with E-state index in [0.29, 0.717) is 0 Å². The standard InChI is InChI=1S/C4H4O.C2H6O/c1-2-4-5-3-1;1-2-3/h1-4H;3H,2H2,1H3. The van der Waals surface area contributed by atoms with Crippen LogP contribution in [0, 0.1) is 0 Å². The number of rotatable bonds is 0. The van der Waals surface area contributed by atoms with Crippen LogP contribution in [-0.4, -0.2) is 11.7 Å². The van der Waals surface area contributed by atoms with Gasteiger partial charge in [-0.2, -0.15) is 0 Å². The number of hydrogen-bond donors (Lipinski definition) is 1. The van der Waals surface area contributed by atoms with E-state index in [1.807, 2.05) is 12.1 Å². The summed E-state index contributed by atoms with van der Waals surface area (Å²) in [7, 11) is 0. The lowest BCUT2D eigenvalue weighted by Gasteiger charge is -1.52. The predicted molar refractivity (Wildman–Crippen MR) is 31.5 cm³/mol. The number of hydrogen-bond acceptors (Lipinski definition) is 2. The second kappa shape index (κ2) is 6.24. The maximum Gasteiger partial charge on any atom is 0.0902 e. The molecule has 1 rings (SSSR count). The third-order valence-electron chi connectivity index (χ3n) is 0.425. The highest BCUT2D eigenvalue weighted by molar-refractivity contribution is 4.79. The molecule has 0 aliphatic carbocycles. The van der Waals surface area contributed by atoms with Crippen LogP contribution < -0.4 is 0 Å². The quantitative estimate of drug-likeness (QED) is 0.551. The van der Waals surface area contributed by atoms with Gasteiger partial charge in [-0.05, 0) is 19.1 Å². The van der Waals surface area contributed by atoms with Crippen molar-refractivity contribution in [3.63, 3.8) is 0 Å². The summed E-state index contributed by atoms with van der Waals surface area (Å²) in [5.74, 6) is 0. The van der Waals surface area contributed by atoms with E-state index in [2.05, 4.69) is 4.42 Å². The zero-order valence-corrected chi connectivity index (χ0v) is 4.87. The molecule has 1 N–H and O–H groups in total. The Hall–Kier alpha value is -0.760. The van der Waals surface area contributed by atoms with Crippen molar-refractivity contribution in [2.24, 2.45) is 0 Å². The fraction of sp³-hybridized carbons (Fsp3) is 0.333. The summed E-state index contributed by atoms with van der Waals surface area (Å²) < 4.78 is 4.58. The minimum Gasteiger partial charge on any atom is -0.473 e. The van der Waals surface area contributed by atoms with Crippen LogP contribution in [0.4, 0.5) is 0 Å². The van der Waals surface area contributed by atoms with Gasteiger partial charge in [0.25, 0.3) is 0 Å². The molecule has 8 heavy (non-hydrogen) atoms. The van der Waals surface area contributed by atoms with Crippen molar-refractivity contribution in [3.8, 4) is 0 Å². The lowest BCUT2D eigenvalue weighted by molar-refractivity contribution is 0.318. The zero-order valence-electron chi connectivity index (χ0n) is 4.87. The van der Waals surface area contributed by atoms with Gasteiger partial charge in [0.15, 0.2) is 0 Å². The minimum atomic E-state index is 0.250. The van der Waals surface area contributed by atoms with Crippen molar-refractivity contribution in [3.05, 3.63) is 24.7 Å². The van der Waals surface area contributed by atoms with E-state index < -0.39 is 0 Å². The first-order chi connectivity index (χ1) is 3.91.